The first-order valence-corrected chi connectivity index (χ1v) is 14.5. The molecule has 0 spiro atoms. The Morgan fingerprint density at radius 1 is 0.711 bits per heavy atom. The van der Waals surface area contributed by atoms with E-state index in [9.17, 15) is 39.0 Å². The molecule has 14 heteroatoms. The van der Waals surface area contributed by atoms with Crippen LogP contribution >= 0.6 is 23.5 Å². The fraction of sp³-hybridized carbons (Fsp3) is 0.583. The lowest BCUT2D eigenvalue weighted by molar-refractivity contribution is -0.151. The number of amides is 4. The minimum Gasteiger partial charge on any atom is -0.477 e. The van der Waals surface area contributed by atoms with E-state index in [1.807, 2.05) is 0 Å². The van der Waals surface area contributed by atoms with Crippen LogP contribution in [0.25, 0.3) is 0 Å². The van der Waals surface area contributed by atoms with Crippen LogP contribution in [0.5, 0.6) is 0 Å². The molecule has 204 valence electrons. The standard InChI is InChI=1S/C24H28N4O8S2/c1-9-7-37-21-13(19(31)27(21)15(9)23(33)34)25-17(29)11-3-5-12(6-4-11)18(30)26-14-20(32)28-16(24(35)36)10(2)8-38-22(14)28/h11-14,21-22H,3-8H2,1-2H3,(H,25,29)(H,26,30)(H,33,34)(H,35,36)/t11?,12?,13-,14-,21-,22-/m1/s1. The normalized spacial score (nSPS) is 32.6. The van der Waals surface area contributed by atoms with Crippen molar-refractivity contribution < 1.29 is 39.0 Å². The maximum Gasteiger partial charge on any atom is 0.352 e. The van der Waals surface area contributed by atoms with E-state index in [2.05, 4.69) is 10.6 Å². The van der Waals surface area contributed by atoms with E-state index in [1.54, 1.807) is 13.8 Å². The van der Waals surface area contributed by atoms with E-state index in [-0.39, 0.29) is 35.0 Å². The number of hydrogen-bond acceptors (Lipinski definition) is 8. The summed E-state index contributed by atoms with van der Waals surface area (Å²) < 4.78 is 0. The van der Waals surface area contributed by atoms with E-state index >= 15 is 0 Å². The summed E-state index contributed by atoms with van der Waals surface area (Å²) in [5.41, 5.74) is 1.20. The average molecular weight is 565 g/mol. The molecule has 4 heterocycles. The molecule has 0 bridgehead atoms. The Labute approximate surface area is 226 Å². The lowest BCUT2D eigenvalue weighted by Crippen LogP contribution is -2.71. The molecule has 0 unspecified atom stereocenters. The van der Waals surface area contributed by atoms with Gasteiger partial charge in [0.25, 0.3) is 11.8 Å². The Kier molecular flexibility index (Phi) is 6.97. The van der Waals surface area contributed by atoms with E-state index in [0.29, 0.717) is 48.3 Å². The number of carboxylic acids is 2. The predicted molar refractivity (Wildman–Crippen MR) is 136 cm³/mol. The topological polar surface area (TPSA) is 173 Å². The maximum absolute atomic E-state index is 12.9. The molecule has 12 nitrogen and oxygen atoms in total. The first-order chi connectivity index (χ1) is 18.0. The molecular formula is C24H28N4O8S2. The lowest BCUT2D eigenvalue weighted by atomic mass is 9.80. The van der Waals surface area contributed by atoms with Gasteiger partial charge in [0.15, 0.2) is 0 Å². The lowest BCUT2D eigenvalue weighted by Gasteiger charge is -2.49. The zero-order valence-electron chi connectivity index (χ0n) is 20.8. The van der Waals surface area contributed by atoms with Gasteiger partial charge in [-0.1, -0.05) is 0 Å². The summed E-state index contributed by atoms with van der Waals surface area (Å²) in [6.45, 7) is 3.35. The Morgan fingerprint density at radius 2 is 1.05 bits per heavy atom. The minimum atomic E-state index is -1.16. The Morgan fingerprint density at radius 3 is 1.37 bits per heavy atom. The van der Waals surface area contributed by atoms with Crippen LogP contribution in [0.3, 0.4) is 0 Å². The second-order valence-electron chi connectivity index (χ2n) is 10.2. The number of carbonyl (C=O) groups excluding carboxylic acids is 4. The van der Waals surface area contributed by atoms with Crippen molar-refractivity contribution in [2.75, 3.05) is 11.5 Å². The van der Waals surface area contributed by atoms with E-state index in [0.717, 1.165) is 0 Å². The molecule has 1 aliphatic carbocycles. The van der Waals surface area contributed by atoms with Crippen LogP contribution in [-0.4, -0.2) is 89.9 Å². The third kappa shape index (κ3) is 4.27. The molecule has 3 fully saturated rings. The fourth-order valence-corrected chi connectivity index (χ4v) is 8.30. The number of hydrogen-bond donors (Lipinski definition) is 4. The van der Waals surface area contributed by atoms with Gasteiger partial charge in [-0.25, -0.2) is 9.59 Å². The number of fused-ring (bicyclic) bond motifs is 2. The number of nitrogens with one attached hydrogen (secondary N) is 2. The summed E-state index contributed by atoms with van der Waals surface area (Å²) in [6.07, 6.45) is 1.78. The van der Waals surface area contributed by atoms with Crippen molar-refractivity contribution in [2.45, 2.75) is 62.4 Å². The molecule has 4 amide bonds. The molecule has 2 saturated heterocycles. The summed E-state index contributed by atoms with van der Waals surface area (Å²) in [7, 11) is 0. The number of carbonyl (C=O) groups is 6. The van der Waals surface area contributed by atoms with Crippen LogP contribution in [0.4, 0.5) is 0 Å². The summed E-state index contributed by atoms with van der Waals surface area (Å²) in [5, 5.41) is 23.6. The van der Waals surface area contributed by atoms with Gasteiger partial charge in [0, 0.05) is 23.3 Å². The number of carboxylic acid groups (broad SMARTS) is 2. The number of thioether (sulfide) groups is 2. The number of nitrogens with zero attached hydrogens (tertiary/aromatic N) is 2. The van der Waals surface area contributed by atoms with Crippen LogP contribution in [-0.2, 0) is 28.8 Å². The Balaban J connectivity index is 1.11. The van der Waals surface area contributed by atoms with Gasteiger partial charge in [-0.2, -0.15) is 0 Å². The van der Waals surface area contributed by atoms with Crippen molar-refractivity contribution in [3.63, 3.8) is 0 Å². The number of aliphatic carboxylic acids is 2. The maximum atomic E-state index is 12.9. The van der Waals surface area contributed by atoms with Gasteiger partial charge in [-0.3, -0.25) is 29.0 Å². The highest BCUT2D eigenvalue weighted by Gasteiger charge is 2.55. The highest BCUT2D eigenvalue weighted by Crippen LogP contribution is 2.42. The molecule has 4 atom stereocenters. The monoisotopic (exact) mass is 564 g/mol. The second-order valence-corrected chi connectivity index (χ2v) is 12.4. The summed E-state index contributed by atoms with van der Waals surface area (Å²) in [6, 6.07) is -1.55. The number of β-lactam (4-membered cyclic amide) rings is 2. The molecule has 0 aromatic carbocycles. The zero-order chi connectivity index (χ0) is 27.5. The van der Waals surface area contributed by atoms with Crippen molar-refractivity contribution in [3.05, 3.63) is 22.5 Å². The molecule has 4 N–H and O–H groups in total. The van der Waals surface area contributed by atoms with Crippen LogP contribution < -0.4 is 10.6 Å². The van der Waals surface area contributed by atoms with E-state index in [1.165, 1.54) is 33.3 Å². The fourth-order valence-electron chi connectivity index (χ4n) is 5.71. The van der Waals surface area contributed by atoms with E-state index in [4.69, 9.17) is 0 Å². The highest BCUT2D eigenvalue weighted by atomic mass is 32.2. The van der Waals surface area contributed by atoms with Gasteiger partial charge in [0.1, 0.15) is 34.2 Å². The largest absolute Gasteiger partial charge is 0.477 e. The third-order valence-electron chi connectivity index (χ3n) is 7.79. The zero-order valence-corrected chi connectivity index (χ0v) is 22.4. The molecule has 1 saturated carbocycles. The quantitative estimate of drug-likeness (QED) is 0.329. The van der Waals surface area contributed by atoms with Crippen LogP contribution in [0.15, 0.2) is 22.5 Å². The highest BCUT2D eigenvalue weighted by molar-refractivity contribution is 8.00. The molecule has 0 radical (unpaired) electrons. The molecule has 0 aromatic heterocycles. The van der Waals surface area contributed by atoms with E-state index < -0.39 is 46.6 Å². The third-order valence-corrected chi connectivity index (χ3v) is 10.6. The second kappa shape index (κ2) is 9.95. The smallest absolute Gasteiger partial charge is 0.352 e. The average Bonchev–Trinajstić information content (AvgIpc) is 2.89. The predicted octanol–water partition coefficient (Wildman–Crippen LogP) is 0.310. The van der Waals surface area contributed by atoms with Crippen molar-refractivity contribution in [2.24, 2.45) is 11.8 Å². The van der Waals surface area contributed by atoms with Crippen molar-refractivity contribution >= 4 is 59.1 Å². The van der Waals surface area contributed by atoms with Crippen molar-refractivity contribution in [1.82, 2.24) is 20.4 Å². The SMILES string of the molecule is CC1=C(C(=O)O)N2C(=O)[C@@H](NC(=O)C3CCC(C(=O)N[C@@H]4C(=O)N5C(C(=O)O)=C(C)CS[C@H]45)CC3)[C@H]2SC1. The van der Waals surface area contributed by atoms with Crippen LogP contribution in [0.1, 0.15) is 39.5 Å². The van der Waals surface area contributed by atoms with Gasteiger partial charge in [-0.15, -0.1) is 23.5 Å². The molecular weight excluding hydrogens is 536 g/mol. The van der Waals surface area contributed by atoms with Gasteiger partial charge in [0.2, 0.25) is 11.8 Å². The number of rotatable bonds is 6. The van der Waals surface area contributed by atoms with Crippen LogP contribution in [0.2, 0.25) is 0 Å². The van der Waals surface area contributed by atoms with Crippen molar-refractivity contribution in [3.8, 4) is 0 Å². The molecule has 5 aliphatic rings. The minimum absolute atomic E-state index is 0.0131. The first kappa shape index (κ1) is 26.6. The van der Waals surface area contributed by atoms with Gasteiger partial charge < -0.3 is 20.8 Å². The molecule has 0 aromatic rings. The summed E-state index contributed by atoms with van der Waals surface area (Å²) in [4.78, 5) is 76.7. The Hall–Kier alpha value is -3.00. The molecule has 4 aliphatic heterocycles. The summed E-state index contributed by atoms with van der Waals surface area (Å²) in [5.74, 6) is -3.54. The van der Waals surface area contributed by atoms with Crippen molar-refractivity contribution in [1.29, 1.82) is 0 Å². The van der Waals surface area contributed by atoms with Gasteiger partial charge in [0.05, 0.1) is 0 Å². The first-order valence-electron chi connectivity index (χ1n) is 12.4. The Bertz CT molecular complexity index is 1120. The summed E-state index contributed by atoms with van der Waals surface area (Å²) >= 11 is 2.84. The van der Waals surface area contributed by atoms with Crippen LogP contribution in [0, 0.1) is 11.8 Å². The van der Waals surface area contributed by atoms with Gasteiger partial charge >= 0.3 is 11.9 Å². The van der Waals surface area contributed by atoms with Gasteiger partial charge in [-0.05, 0) is 50.7 Å². The molecule has 5 rings (SSSR count). The molecule has 38 heavy (non-hydrogen) atoms.